The number of nitrogens with one attached hydrogen (secondary N) is 2. The van der Waals surface area contributed by atoms with Crippen LogP contribution in [0.5, 0.6) is 5.75 Å². The number of urea groups is 1. The van der Waals surface area contributed by atoms with E-state index in [1.165, 1.54) is 11.9 Å². The van der Waals surface area contributed by atoms with Crippen LogP contribution in [0.3, 0.4) is 0 Å². The molecule has 0 bridgehead atoms. The molecule has 1 atom stereocenters. The second kappa shape index (κ2) is 8.33. The number of nitrogens with zero attached hydrogens (tertiary/aromatic N) is 2. The number of para-hydroxylation sites is 1. The molecule has 9 heteroatoms. The molecule has 9 nitrogen and oxygen atoms in total. The summed E-state index contributed by atoms with van der Waals surface area (Å²) in [6, 6.07) is 13.7. The number of rotatable bonds is 5. The molecular formula is C23H24N4O5. The molecule has 2 aromatic rings. The normalized spacial score (nSPS) is 19.2. The number of carbonyl (C=O) groups excluding carboxylic acids is 4. The minimum absolute atomic E-state index is 0.210. The first-order valence-electron chi connectivity index (χ1n) is 10.3. The molecule has 0 aromatic heterocycles. The average molecular weight is 436 g/mol. The highest BCUT2D eigenvalue weighted by atomic mass is 16.5. The summed E-state index contributed by atoms with van der Waals surface area (Å²) in [5.74, 6) is -0.865. The van der Waals surface area contributed by atoms with E-state index >= 15 is 0 Å². The predicted molar refractivity (Wildman–Crippen MR) is 116 cm³/mol. The lowest BCUT2D eigenvalue weighted by Crippen LogP contribution is -2.48. The van der Waals surface area contributed by atoms with Gasteiger partial charge in [0.05, 0.1) is 13.2 Å². The van der Waals surface area contributed by atoms with Crippen LogP contribution in [0.15, 0.2) is 48.5 Å². The Balaban J connectivity index is 1.41. The highest BCUT2D eigenvalue weighted by Gasteiger charge is 2.55. The molecule has 0 saturated carbocycles. The van der Waals surface area contributed by atoms with Gasteiger partial charge >= 0.3 is 6.03 Å². The van der Waals surface area contributed by atoms with Crippen LogP contribution in [0, 0.1) is 6.92 Å². The summed E-state index contributed by atoms with van der Waals surface area (Å²) in [6.45, 7) is 1.54. The SMILES string of the molecule is Cc1ccc(NC(=O)CN(C)C(=O)CN2C(=O)N[C@]3(CCOc4ccccc43)C2=O)cc1. The van der Waals surface area contributed by atoms with Crippen LogP contribution in [0.25, 0.3) is 0 Å². The van der Waals surface area contributed by atoms with Gasteiger partial charge in [-0.25, -0.2) is 4.79 Å². The van der Waals surface area contributed by atoms with Crippen molar-refractivity contribution in [2.45, 2.75) is 18.9 Å². The molecule has 32 heavy (non-hydrogen) atoms. The van der Waals surface area contributed by atoms with Gasteiger partial charge in [0.1, 0.15) is 12.3 Å². The van der Waals surface area contributed by atoms with Crippen molar-refractivity contribution in [2.24, 2.45) is 0 Å². The zero-order valence-corrected chi connectivity index (χ0v) is 17.9. The predicted octanol–water partition coefficient (Wildman–Crippen LogP) is 1.62. The van der Waals surface area contributed by atoms with Crippen LogP contribution in [-0.2, 0) is 19.9 Å². The second-order valence-corrected chi connectivity index (χ2v) is 7.99. The third-order valence-corrected chi connectivity index (χ3v) is 5.69. The highest BCUT2D eigenvalue weighted by Crippen LogP contribution is 2.40. The number of fused-ring (bicyclic) bond motifs is 2. The van der Waals surface area contributed by atoms with Crippen molar-refractivity contribution in [3.8, 4) is 5.75 Å². The van der Waals surface area contributed by atoms with Gasteiger partial charge in [-0.2, -0.15) is 0 Å². The number of amides is 5. The van der Waals surface area contributed by atoms with E-state index < -0.39 is 29.9 Å². The molecule has 166 valence electrons. The molecule has 2 heterocycles. The molecule has 4 rings (SSSR count). The zero-order valence-electron chi connectivity index (χ0n) is 17.9. The summed E-state index contributed by atoms with van der Waals surface area (Å²) >= 11 is 0. The average Bonchev–Trinajstić information content (AvgIpc) is 3.00. The Morgan fingerprint density at radius 1 is 1.16 bits per heavy atom. The molecule has 0 aliphatic carbocycles. The summed E-state index contributed by atoms with van der Waals surface area (Å²) in [4.78, 5) is 52.9. The molecule has 1 spiro atoms. The fourth-order valence-corrected chi connectivity index (χ4v) is 3.91. The minimum Gasteiger partial charge on any atom is -0.493 e. The van der Waals surface area contributed by atoms with E-state index in [-0.39, 0.29) is 25.5 Å². The molecule has 1 fully saturated rings. The van der Waals surface area contributed by atoms with E-state index in [2.05, 4.69) is 10.6 Å². The Morgan fingerprint density at radius 2 is 1.88 bits per heavy atom. The summed E-state index contributed by atoms with van der Waals surface area (Å²) in [5.41, 5.74) is 1.02. The fraction of sp³-hybridized carbons (Fsp3) is 0.304. The van der Waals surface area contributed by atoms with E-state index in [4.69, 9.17) is 4.74 Å². The number of carbonyl (C=O) groups is 4. The first-order valence-corrected chi connectivity index (χ1v) is 10.3. The van der Waals surface area contributed by atoms with E-state index in [0.717, 1.165) is 10.5 Å². The van der Waals surface area contributed by atoms with Crippen molar-refractivity contribution in [3.63, 3.8) is 0 Å². The number of anilines is 1. The first-order chi connectivity index (χ1) is 15.3. The van der Waals surface area contributed by atoms with Gasteiger partial charge in [-0.3, -0.25) is 19.3 Å². The number of aryl methyl sites for hydroxylation is 1. The lowest BCUT2D eigenvalue weighted by molar-refractivity contribution is -0.139. The minimum atomic E-state index is -1.24. The van der Waals surface area contributed by atoms with Gasteiger partial charge in [0, 0.05) is 24.7 Å². The monoisotopic (exact) mass is 436 g/mol. The number of likely N-dealkylation sites (N-methyl/N-ethyl adjacent to an activating group) is 1. The van der Waals surface area contributed by atoms with Crippen molar-refractivity contribution in [1.29, 1.82) is 0 Å². The van der Waals surface area contributed by atoms with Gasteiger partial charge in [-0.15, -0.1) is 0 Å². The molecule has 0 unspecified atom stereocenters. The molecule has 1 saturated heterocycles. The summed E-state index contributed by atoms with van der Waals surface area (Å²) in [5, 5.41) is 5.47. The van der Waals surface area contributed by atoms with E-state index in [9.17, 15) is 19.2 Å². The third kappa shape index (κ3) is 3.89. The van der Waals surface area contributed by atoms with Crippen LogP contribution < -0.4 is 15.4 Å². The van der Waals surface area contributed by atoms with E-state index in [1.54, 1.807) is 36.4 Å². The number of hydrogen-bond acceptors (Lipinski definition) is 5. The molecule has 2 aromatic carbocycles. The summed E-state index contributed by atoms with van der Waals surface area (Å²) in [6.07, 6.45) is 0.272. The first kappa shape index (κ1) is 21.4. The molecule has 5 amide bonds. The van der Waals surface area contributed by atoms with Crippen LogP contribution in [0.2, 0.25) is 0 Å². The highest BCUT2D eigenvalue weighted by molar-refractivity contribution is 6.10. The number of hydrogen-bond donors (Lipinski definition) is 2. The second-order valence-electron chi connectivity index (χ2n) is 7.99. The molecule has 0 radical (unpaired) electrons. The summed E-state index contributed by atoms with van der Waals surface area (Å²) in [7, 11) is 1.45. The van der Waals surface area contributed by atoms with Crippen molar-refractivity contribution in [1.82, 2.24) is 15.1 Å². The lowest BCUT2D eigenvalue weighted by atomic mass is 9.84. The van der Waals surface area contributed by atoms with Gasteiger partial charge in [-0.05, 0) is 25.1 Å². The van der Waals surface area contributed by atoms with Crippen molar-refractivity contribution in [2.75, 3.05) is 32.1 Å². The van der Waals surface area contributed by atoms with Crippen molar-refractivity contribution < 1.29 is 23.9 Å². The maximum atomic E-state index is 13.2. The van der Waals surface area contributed by atoms with E-state index in [0.29, 0.717) is 17.0 Å². The van der Waals surface area contributed by atoms with Crippen molar-refractivity contribution >= 4 is 29.4 Å². The van der Waals surface area contributed by atoms with Crippen LogP contribution in [-0.4, -0.2) is 60.3 Å². The van der Waals surface area contributed by atoms with Gasteiger partial charge in [0.2, 0.25) is 11.8 Å². The number of benzene rings is 2. The third-order valence-electron chi connectivity index (χ3n) is 5.69. The topological polar surface area (TPSA) is 108 Å². The Bertz CT molecular complexity index is 1080. The lowest BCUT2D eigenvalue weighted by Gasteiger charge is -2.33. The van der Waals surface area contributed by atoms with Crippen LogP contribution >= 0.6 is 0 Å². The molecule has 2 aliphatic rings. The van der Waals surface area contributed by atoms with Crippen LogP contribution in [0.1, 0.15) is 17.5 Å². The van der Waals surface area contributed by atoms with Crippen molar-refractivity contribution in [3.05, 3.63) is 59.7 Å². The Morgan fingerprint density at radius 3 is 2.62 bits per heavy atom. The number of imide groups is 1. The van der Waals surface area contributed by atoms with Gasteiger partial charge in [0.25, 0.3) is 5.91 Å². The fourth-order valence-electron chi connectivity index (χ4n) is 3.91. The molecular weight excluding hydrogens is 412 g/mol. The smallest absolute Gasteiger partial charge is 0.325 e. The largest absolute Gasteiger partial charge is 0.493 e. The van der Waals surface area contributed by atoms with Gasteiger partial charge in [0.15, 0.2) is 5.54 Å². The number of ether oxygens (including phenoxy) is 1. The maximum absolute atomic E-state index is 13.2. The Hall–Kier alpha value is -3.88. The quantitative estimate of drug-likeness (QED) is 0.693. The maximum Gasteiger partial charge on any atom is 0.325 e. The summed E-state index contributed by atoms with van der Waals surface area (Å²) < 4.78 is 5.61. The molecule has 2 aliphatic heterocycles. The van der Waals surface area contributed by atoms with Gasteiger partial charge < -0.3 is 20.3 Å². The standard InChI is InChI=1S/C23H24N4O5/c1-15-7-9-16(10-8-15)24-19(28)13-26(2)20(29)14-27-21(30)23(25-22(27)31)11-12-32-18-6-4-3-5-17(18)23/h3-10H,11-14H2,1-2H3,(H,24,28)(H,25,31)/t23-/m0/s1. The van der Waals surface area contributed by atoms with Gasteiger partial charge in [-0.1, -0.05) is 35.9 Å². The molecule has 2 N–H and O–H groups in total. The Labute approximate surface area is 185 Å². The van der Waals surface area contributed by atoms with Crippen LogP contribution in [0.4, 0.5) is 10.5 Å². The Kier molecular flexibility index (Phi) is 5.56. The zero-order chi connectivity index (χ0) is 22.9. The van der Waals surface area contributed by atoms with E-state index in [1.807, 2.05) is 19.1 Å².